The molecule has 0 spiro atoms. The summed E-state index contributed by atoms with van der Waals surface area (Å²) in [5.74, 6) is -1.40. The third-order valence-electron chi connectivity index (χ3n) is 4.79. The number of urea groups is 1. The molecule has 23 heavy (non-hydrogen) atoms. The number of carbonyl (C=O) groups is 3. The Balaban J connectivity index is 2.09. The van der Waals surface area contributed by atoms with E-state index in [-0.39, 0.29) is 6.61 Å². The predicted octanol–water partition coefficient (Wildman–Crippen LogP) is 1.90. The first kappa shape index (κ1) is 17.6. The summed E-state index contributed by atoms with van der Waals surface area (Å²) in [6, 6.07) is -1.08. The van der Waals surface area contributed by atoms with Gasteiger partial charge in [0.15, 0.2) is 0 Å². The second-order valence-electron chi connectivity index (χ2n) is 6.34. The minimum atomic E-state index is -1.20. The van der Waals surface area contributed by atoms with Crippen LogP contribution in [0.3, 0.4) is 0 Å². The highest BCUT2D eigenvalue weighted by atomic mass is 16.5. The van der Waals surface area contributed by atoms with Gasteiger partial charge in [-0.1, -0.05) is 19.3 Å². The highest BCUT2D eigenvalue weighted by Gasteiger charge is 2.43. The molecule has 2 fully saturated rings. The van der Waals surface area contributed by atoms with Gasteiger partial charge in [-0.2, -0.15) is 0 Å². The van der Waals surface area contributed by atoms with E-state index in [9.17, 15) is 19.5 Å². The first-order valence-electron chi connectivity index (χ1n) is 8.49. The fourth-order valence-electron chi connectivity index (χ4n) is 3.48. The van der Waals surface area contributed by atoms with Crippen LogP contribution in [0, 0.1) is 0 Å². The summed E-state index contributed by atoms with van der Waals surface area (Å²) < 4.78 is 5.05. The van der Waals surface area contributed by atoms with E-state index in [2.05, 4.69) is 5.32 Å². The van der Waals surface area contributed by atoms with Crippen LogP contribution < -0.4 is 5.32 Å². The fraction of sp³-hybridized carbons (Fsp3) is 0.812. The van der Waals surface area contributed by atoms with Crippen LogP contribution in [-0.4, -0.2) is 52.7 Å². The number of esters is 1. The number of carbonyl (C=O) groups excluding carboxylic acids is 2. The zero-order valence-electron chi connectivity index (χ0n) is 13.7. The minimum absolute atomic E-state index is 0.268. The van der Waals surface area contributed by atoms with Gasteiger partial charge in [-0.05, 0) is 39.0 Å². The Morgan fingerprint density at radius 3 is 2.48 bits per heavy atom. The van der Waals surface area contributed by atoms with Crippen LogP contribution >= 0.6 is 0 Å². The quantitative estimate of drug-likeness (QED) is 0.769. The molecule has 2 rings (SSSR count). The smallest absolute Gasteiger partial charge is 0.329 e. The van der Waals surface area contributed by atoms with Gasteiger partial charge in [-0.25, -0.2) is 14.4 Å². The van der Waals surface area contributed by atoms with Crippen LogP contribution in [-0.2, 0) is 14.3 Å². The van der Waals surface area contributed by atoms with E-state index < -0.39 is 29.6 Å². The lowest BCUT2D eigenvalue weighted by Crippen LogP contribution is -2.61. The summed E-state index contributed by atoms with van der Waals surface area (Å²) in [5.41, 5.74) is -1.20. The molecule has 2 amide bonds. The average Bonchev–Trinajstić information content (AvgIpc) is 2.55. The maximum absolute atomic E-state index is 12.6. The molecule has 0 aromatic rings. The molecule has 1 saturated carbocycles. The molecule has 1 saturated heterocycles. The summed E-state index contributed by atoms with van der Waals surface area (Å²) in [5, 5.41) is 12.3. The number of likely N-dealkylation sites (tertiary alicyclic amines) is 1. The lowest BCUT2D eigenvalue weighted by atomic mass is 9.82. The summed E-state index contributed by atoms with van der Waals surface area (Å²) in [6.45, 7) is 2.45. The number of amides is 2. The monoisotopic (exact) mass is 326 g/mol. The van der Waals surface area contributed by atoms with Gasteiger partial charge in [0.1, 0.15) is 11.6 Å². The first-order chi connectivity index (χ1) is 11.0. The van der Waals surface area contributed by atoms with Crippen molar-refractivity contribution in [3.05, 3.63) is 0 Å². The Kier molecular flexibility index (Phi) is 5.85. The van der Waals surface area contributed by atoms with Crippen LogP contribution in [0.4, 0.5) is 4.79 Å². The summed E-state index contributed by atoms with van der Waals surface area (Å²) in [4.78, 5) is 37.8. The molecule has 0 radical (unpaired) electrons. The van der Waals surface area contributed by atoms with Crippen LogP contribution in [0.2, 0.25) is 0 Å². The molecule has 1 aliphatic heterocycles. The number of hydrogen-bond donors (Lipinski definition) is 2. The zero-order valence-corrected chi connectivity index (χ0v) is 13.7. The molecule has 0 aromatic carbocycles. The Labute approximate surface area is 136 Å². The third kappa shape index (κ3) is 3.95. The van der Waals surface area contributed by atoms with Crippen molar-refractivity contribution in [2.24, 2.45) is 0 Å². The second kappa shape index (κ2) is 7.66. The van der Waals surface area contributed by atoms with Gasteiger partial charge in [-0.15, -0.1) is 0 Å². The van der Waals surface area contributed by atoms with Crippen molar-refractivity contribution in [1.82, 2.24) is 10.2 Å². The van der Waals surface area contributed by atoms with Crippen LogP contribution in [0.15, 0.2) is 0 Å². The number of nitrogens with one attached hydrogen (secondary N) is 1. The van der Waals surface area contributed by atoms with Gasteiger partial charge < -0.3 is 20.1 Å². The minimum Gasteiger partial charge on any atom is -0.480 e. The molecular weight excluding hydrogens is 300 g/mol. The average molecular weight is 326 g/mol. The fourth-order valence-corrected chi connectivity index (χ4v) is 3.48. The summed E-state index contributed by atoms with van der Waals surface area (Å²) in [7, 11) is 0. The standard InChI is InChI=1S/C16H26N2O5/c1-2-23-13(19)12-8-4-7-11-18(12)15(22)17-16(14(20)21)9-5-3-6-10-16/h12H,2-11H2,1H3,(H,17,22)(H,20,21). The number of ether oxygens (including phenoxy) is 1. The van der Waals surface area contributed by atoms with E-state index in [1.165, 1.54) is 4.90 Å². The molecule has 1 aliphatic carbocycles. The summed E-state index contributed by atoms with van der Waals surface area (Å²) in [6.07, 6.45) is 5.66. The Morgan fingerprint density at radius 2 is 1.87 bits per heavy atom. The van der Waals surface area contributed by atoms with Gasteiger partial charge in [0.05, 0.1) is 6.61 Å². The molecule has 1 heterocycles. The molecule has 2 N–H and O–H groups in total. The predicted molar refractivity (Wildman–Crippen MR) is 83.0 cm³/mol. The molecule has 0 bridgehead atoms. The number of carboxylic acids is 1. The van der Waals surface area contributed by atoms with Gasteiger partial charge in [0.2, 0.25) is 0 Å². The first-order valence-corrected chi connectivity index (χ1v) is 8.49. The third-order valence-corrected chi connectivity index (χ3v) is 4.79. The van der Waals surface area contributed by atoms with E-state index in [1.807, 2.05) is 0 Å². The molecule has 1 unspecified atom stereocenters. The van der Waals surface area contributed by atoms with E-state index in [0.717, 1.165) is 32.1 Å². The zero-order chi connectivity index (χ0) is 16.9. The number of carboxylic acid groups (broad SMARTS) is 1. The molecule has 7 heteroatoms. The van der Waals surface area contributed by atoms with Crippen molar-refractivity contribution in [3.63, 3.8) is 0 Å². The van der Waals surface area contributed by atoms with E-state index in [1.54, 1.807) is 6.92 Å². The molecule has 1 atom stereocenters. The van der Waals surface area contributed by atoms with Crippen molar-refractivity contribution in [3.8, 4) is 0 Å². The Bertz CT molecular complexity index is 459. The van der Waals surface area contributed by atoms with E-state index >= 15 is 0 Å². The van der Waals surface area contributed by atoms with Gasteiger partial charge in [-0.3, -0.25) is 0 Å². The van der Waals surface area contributed by atoms with Crippen molar-refractivity contribution in [1.29, 1.82) is 0 Å². The van der Waals surface area contributed by atoms with E-state index in [4.69, 9.17) is 4.74 Å². The highest BCUT2D eigenvalue weighted by molar-refractivity contribution is 5.89. The SMILES string of the molecule is CCOC(=O)C1CCCCN1C(=O)NC1(C(=O)O)CCCCC1. The largest absolute Gasteiger partial charge is 0.480 e. The maximum Gasteiger partial charge on any atom is 0.329 e. The van der Waals surface area contributed by atoms with Crippen LogP contribution in [0.5, 0.6) is 0 Å². The number of aliphatic carboxylic acids is 1. The normalized spacial score (nSPS) is 23.9. The van der Waals surface area contributed by atoms with Crippen molar-refractivity contribution in [2.45, 2.75) is 69.9 Å². The number of piperidine rings is 1. The van der Waals surface area contributed by atoms with Crippen molar-refractivity contribution in [2.75, 3.05) is 13.2 Å². The van der Waals surface area contributed by atoms with Crippen molar-refractivity contribution >= 4 is 18.0 Å². The lowest BCUT2D eigenvalue weighted by Gasteiger charge is -2.39. The second-order valence-corrected chi connectivity index (χ2v) is 6.34. The van der Waals surface area contributed by atoms with Crippen LogP contribution in [0.1, 0.15) is 58.3 Å². The molecule has 0 aromatic heterocycles. The Hall–Kier alpha value is -1.79. The van der Waals surface area contributed by atoms with E-state index in [0.29, 0.717) is 25.8 Å². The molecular formula is C16H26N2O5. The molecule has 2 aliphatic rings. The molecule has 130 valence electrons. The number of nitrogens with zero attached hydrogens (tertiary/aromatic N) is 1. The highest BCUT2D eigenvalue weighted by Crippen LogP contribution is 2.29. The number of rotatable bonds is 4. The maximum atomic E-state index is 12.6. The molecule has 7 nitrogen and oxygen atoms in total. The topological polar surface area (TPSA) is 95.9 Å². The Morgan fingerprint density at radius 1 is 1.17 bits per heavy atom. The van der Waals surface area contributed by atoms with Crippen LogP contribution in [0.25, 0.3) is 0 Å². The van der Waals surface area contributed by atoms with Gasteiger partial charge in [0, 0.05) is 6.54 Å². The lowest BCUT2D eigenvalue weighted by molar-refractivity contribution is -0.149. The number of hydrogen-bond acceptors (Lipinski definition) is 4. The van der Waals surface area contributed by atoms with Gasteiger partial charge in [0.25, 0.3) is 0 Å². The van der Waals surface area contributed by atoms with Gasteiger partial charge >= 0.3 is 18.0 Å². The van der Waals surface area contributed by atoms with Crippen molar-refractivity contribution < 1.29 is 24.2 Å². The summed E-state index contributed by atoms with van der Waals surface area (Å²) >= 11 is 0.